The zero-order valence-electron chi connectivity index (χ0n) is 12.9. The first-order valence-electron chi connectivity index (χ1n) is 7.37. The lowest BCUT2D eigenvalue weighted by molar-refractivity contribution is -0.134. The second-order valence-electron chi connectivity index (χ2n) is 5.51. The summed E-state index contributed by atoms with van der Waals surface area (Å²) in [4.78, 5) is 19.0. The van der Waals surface area contributed by atoms with Gasteiger partial charge in [-0.15, -0.1) is 12.4 Å². The van der Waals surface area contributed by atoms with Gasteiger partial charge in [-0.05, 0) is 17.7 Å². The van der Waals surface area contributed by atoms with E-state index in [1.807, 2.05) is 47.0 Å². The molecule has 1 aromatic carbocycles. The number of rotatable bonds is 3. The van der Waals surface area contributed by atoms with Gasteiger partial charge >= 0.3 is 0 Å². The number of nitrogens with zero attached hydrogens (tertiary/aromatic N) is 3. The maximum absolute atomic E-state index is 12.7. The number of piperazine rings is 1. The van der Waals surface area contributed by atoms with E-state index in [1.54, 1.807) is 6.20 Å². The molecule has 0 saturated carbocycles. The molecule has 2 heterocycles. The standard InChI is InChI=1S/C16H19ClN4O.ClH/c1-20-7-6-19-16(20)14-11-18-5-8-21(14)15(22)10-12-3-2-4-13(17)9-12;/h2-4,6-7,9,14,18H,5,8,10-11H2,1H3;1H. The van der Waals surface area contributed by atoms with E-state index >= 15 is 0 Å². The quantitative estimate of drug-likeness (QED) is 0.919. The molecule has 1 aliphatic heterocycles. The number of aryl methyl sites for hydroxylation is 1. The Labute approximate surface area is 147 Å². The lowest BCUT2D eigenvalue weighted by Crippen LogP contribution is -2.49. The fourth-order valence-electron chi connectivity index (χ4n) is 2.85. The predicted octanol–water partition coefficient (Wildman–Crippen LogP) is 2.21. The van der Waals surface area contributed by atoms with Crippen LogP contribution in [0, 0.1) is 0 Å². The summed E-state index contributed by atoms with van der Waals surface area (Å²) in [6.45, 7) is 2.23. The summed E-state index contributed by atoms with van der Waals surface area (Å²) >= 11 is 6.00. The van der Waals surface area contributed by atoms with Gasteiger partial charge in [0.25, 0.3) is 0 Å². The van der Waals surface area contributed by atoms with E-state index in [-0.39, 0.29) is 24.4 Å². The second kappa shape index (κ2) is 7.81. The van der Waals surface area contributed by atoms with Crippen LogP contribution in [0.3, 0.4) is 0 Å². The van der Waals surface area contributed by atoms with Crippen LogP contribution in [0.5, 0.6) is 0 Å². The molecular formula is C16H20Cl2N4O. The number of carbonyl (C=O) groups is 1. The number of benzene rings is 1. The highest BCUT2D eigenvalue weighted by molar-refractivity contribution is 6.30. The Morgan fingerprint density at radius 1 is 1.48 bits per heavy atom. The van der Waals surface area contributed by atoms with Crippen molar-refractivity contribution in [1.29, 1.82) is 0 Å². The predicted molar refractivity (Wildman–Crippen MR) is 92.9 cm³/mol. The highest BCUT2D eigenvalue weighted by Crippen LogP contribution is 2.22. The zero-order valence-corrected chi connectivity index (χ0v) is 14.5. The molecule has 1 fully saturated rings. The van der Waals surface area contributed by atoms with Crippen molar-refractivity contribution in [2.45, 2.75) is 12.5 Å². The highest BCUT2D eigenvalue weighted by atomic mass is 35.5. The fourth-order valence-corrected chi connectivity index (χ4v) is 3.07. The summed E-state index contributed by atoms with van der Waals surface area (Å²) in [5, 5.41) is 4.00. The Hall–Kier alpha value is -1.56. The zero-order chi connectivity index (χ0) is 15.5. The summed E-state index contributed by atoms with van der Waals surface area (Å²) in [5.41, 5.74) is 0.939. The van der Waals surface area contributed by atoms with Gasteiger partial charge in [-0.25, -0.2) is 4.98 Å². The van der Waals surface area contributed by atoms with Crippen molar-refractivity contribution >= 4 is 29.9 Å². The van der Waals surface area contributed by atoms with E-state index in [4.69, 9.17) is 11.6 Å². The number of hydrogen-bond acceptors (Lipinski definition) is 3. The molecule has 1 N–H and O–H groups in total. The summed E-state index contributed by atoms with van der Waals surface area (Å²) in [6.07, 6.45) is 4.04. The van der Waals surface area contributed by atoms with Crippen molar-refractivity contribution in [3.05, 3.63) is 53.1 Å². The Kier molecular flexibility index (Phi) is 6.04. The molecule has 7 heteroatoms. The van der Waals surface area contributed by atoms with Gasteiger partial charge in [0.2, 0.25) is 5.91 Å². The molecule has 124 valence electrons. The molecule has 0 bridgehead atoms. The average molecular weight is 355 g/mol. The van der Waals surface area contributed by atoms with E-state index in [9.17, 15) is 4.79 Å². The number of amides is 1. The number of hydrogen-bond donors (Lipinski definition) is 1. The molecule has 1 saturated heterocycles. The summed E-state index contributed by atoms with van der Waals surface area (Å²) in [6, 6.07) is 7.44. The Morgan fingerprint density at radius 2 is 2.30 bits per heavy atom. The van der Waals surface area contributed by atoms with Crippen molar-refractivity contribution in [2.24, 2.45) is 7.05 Å². The van der Waals surface area contributed by atoms with Gasteiger partial charge in [0, 0.05) is 44.1 Å². The topological polar surface area (TPSA) is 50.2 Å². The number of imidazole rings is 1. The molecule has 1 aromatic heterocycles. The SMILES string of the molecule is Cl.Cn1ccnc1C1CNCCN1C(=O)Cc1cccc(Cl)c1. The van der Waals surface area contributed by atoms with Crippen LogP contribution in [0.15, 0.2) is 36.7 Å². The first-order valence-corrected chi connectivity index (χ1v) is 7.75. The average Bonchev–Trinajstić information content (AvgIpc) is 2.93. The van der Waals surface area contributed by atoms with Gasteiger partial charge in [-0.2, -0.15) is 0 Å². The molecule has 5 nitrogen and oxygen atoms in total. The number of nitrogens with one attached hydrogen (secondary N) is 1. The van der Waals surface area contributed by atoms with Gasteiger partial charge in [0.1, 0.15) is 11.9 Å². The maximum atomic E-state index is 12.7. The molecule has 0 spiro atoms. The van der Waals surface area contributed by atoms with Crippen molar-refractivity contribution in [2.75, 3.05) is 19.6 Å². The van der Waals surface area contributed by atoms with E-state index in [1.165, 1.54) is 0 Å². The van der Waals surface area contributed by atoms with Gasteiger partial charge < -0.3 is 14.8 Å². The summed E-state index contributed by atoms with van der Waals surface area (Å²) in [5.74, 6) is 1.02. The van der Waals surface area contributed by atoms with Crippen molar-refractivity contribution in [1.82, 2.24) is 19.8 Å². The minimum absolute atomic E-state index is 0. The maximum Gasteiger partial charge on any atom is 0.227 e. The third-order valence-electron chi connectivity index (χ3n) is 3.96. The largest absolute Gasteiger partial charge is 0.336 e. The molecule has 1 aliphatic rings. The van der Waals surface area contributed by atoms with Crippen LogP contribution in [-0.2, 0) is 18.3 Å². The smallest absolute Gasteiger partial charge is 0.227 e. The van der Waals surface area contributed by atoms with E-state index in [2.05, 4.69) is 10.3 Å². The van der Waals surface area contributed by atoms with E-state index < -0.39 is 0 Å². The molecule has 3 rings (SSSR count). The minimum Gasteiger partial charge on any atom is -0.336 e. The minimum atomic E-state index is -0.0274. The summed E-state index contributed by atoms with van der Waals surface area (Å²) in [7, 11) is 1.95. The van der Waals surface area contributed by atoms with Crippen molar-refractivity contribution < 1.29 is 4.79 Å². The molecule has 1 unspecified atom stereocenters. The molecule has 0 aliphatic carbocycles. The third kappa shape index (κ3) is 4.05. The molecule has 23 heavy (non-hydrogen) atoms. The first kappa shape index (κ1) is 17.8. The van der Waals surface area contributed by atoms with Crippen LogP contribution in [0.25, 0.3) is 0 Å². The summed E-state index contributed by atoms with van der Waals surface area (Å²) < 4.78 is 1.97. The lowest BCUT2D eigenvalue weighted by atomic mass is 10.1. The van der Waals surface area contributed by atoms with Gasteiger partial charge in [0.05, 0.1) is 6.42 Å². The Morgan fingerprint density at radius 3 is 3.00 bits per heavy atom. The molecule has 2 aromatic rings. The number of carbonyl (C=O) groups excluding carboxylic acids is 1. The monoisotopic (exact) mass is 354 g/mol. The van der Waals surface area contributed by atoms with Crippen LogP contribution in [-0.4, -0.2) is 40.0 Å². The molecule has 1 amide bonds. The van der Waals surface area contributed by atoms with Crippen LogP contribution < -0.4 is 5.32 Å². The second-order valence-corrected chi connectivity index (χ2v) is 5.95. The van der Waals surface area contributed by atoms with E-state index in [0.717, 1.165) is 24.5 Å². The van der Waals surface area contributed by atoms with Gasteiger partial charge in [0.15, 0.2) is 0 Å². The normalized spacial score (nSPS) is 17.7. The van der Waals surface area contributed by atoms with E-state index in [0.29, 0.717) is 18.0 Å². The van der Waals surface area contributed by atoms with Gasteiger partial charge in [-0.1, -0.05) is 23.7 Å². The van der Waals surface area contributed by atoms with Crippen LogP contribution >= 0.6 is 24.0 Å². The molecule has 0 radical (unpaired) electrons. The Balaban J connectivity index is 0.00000192. The van der Waals surface area contributed by atoms with Gasteiger partial charge in [-0.3, -0.25) is 4.79 Å². The highest BCUT2D eigenvalue weighted by Gasteiger charge is 2.30. The van der Waals surface area contributed by atoms with Crippen LogP contribution in [0.2, 0.25) is 5.02 Å². The van der Waals surface area contributed by atoms with Crippen molar-refractivity contribution in [3.63, 3.8) is 0 Å². The lowest BCUT2D eigenvalue weighted by Gasteiger charge is -2.35. The van der Waals surface area contributed by atoms with Crippen molar-refractivity contribution in [3.8, 4) is 0 Å². The molecular weight excluding hydrogens is 335 g/mol. The first-order chi connectivity index (χ1) is 10.6. The molecule has 1 atom stereocenters. The Bertz CT molecular complexity index is 674. The van der Waals surface area contributed by atoms with Crippen LogP contribution in [0.4, 0.5) is 0 Å². The third-order valence-corrected chi connectivity index (χ3v) is 4.20. The van der Waals surface area contributed by atoms with Crippen LogP contribution in [0.1, 0.15) is 17.4 Å². The fraction of sp³-hybridized carbons (Fsp3) is 0.375. The number of halogens is 2. The number of aromatic nitrogens is 2.